The molecule has 0 fully saturated rings. The predicted octanol–water partition coefficient (Wildman–Crippen LogP) is 1.46. The number of carbonyl (C=O) groups is 1. The van der Waals surface area contributed by atoms with E-state index in [9.17, 15) is 9.59 Å². The molecular formula is C14H17N3O2. The highest BCUT2D eigenvalue weighted by molar-refractivity contribution is 6.04. The first kappa shape index (κ1) is 13.3. The lowest BCUT2D eigenvalue weighted by molar-refractivity contribution is 0.0948. The van der Waals surface area contributed by atoms with E-state index in [4.69, 9.17) is 0 Å². The maximum Gasteiger partial charge on any atom is 0.274 e. The lowest BCUT2D eigenvalue weighted by Gasteiger charge is -2.08. The fraction of sp³-hybridized carbons (Fsp3) is 0.357. The molecule has 1 heterocycles. The summed E-state index contributed by atoms with van der Waals surface area (Å²) in [5.74, 6) is -0.236. The molecule has 0 aliphatic rings. The van der Waals surface area contributed by atoms with Crippen molar-refractivity contribution < 1.29 is 4.79 Å². The van der Waals surface area contributed by atoms with Gasteiger partial charge in [-0.05, 0) is 12.5 Å². The van der Waals surface area contributed by atoms with Crippen molar-refractivity contribution >= 4 is 16.7 Å². The van der Waals surface area contributed by atoms with Crippen molar-refractivity contribution in [3.05, 3.63) is 40.3 Å². The minimum atomic E-state index is -0.236. The molecule has 0 aliphatic carbocycles. The molecule has 0 saturated carbocycles. The Bertz CT molecular complexity index is 661. The predicted molar refractivity (Wildman–Crippen MR) is 74.2 cm³/mol. The highest BCUT2D eigenvalue weighted by Crippen LogP contribution is 2.12. The first-order valence-corrected chi connectivity index (χ1v) is 6.39. The monoisotopic (exact) mass is 259 g/mol. The van der Waals surface area contributed by atoms with Gasteiger partial charge in [0, 0.05) is 19.0 Å². The Balaban J connectivity index is 2.46. The van der Waals surface area contributed by atoms with Crippen molar-refractivity contribution in [3.8, 4) is 0 Å². The smallest absolute Gasteiger partial charge is 0.274 e. The number of amides is 1. The van der Waals surface area contributed by atoms with Crippen LogP contribution in [-0.4, -0.2) is 22.2 Å². The Morgan fingerprint density at radius 2 is 2.00 bits per heavy atom. The number of unbranched alkanes of at least 4 members (excludes halogenated alkanes) is 1. The largest absolute Gasteiger partial charge is 0.351 e. The van der Waals surface area contributed by atoms with Crippen LogP contribution in [0.15, 0.2) is 29.1 Å². The molecule has 0 atom stereocenters. The fourth-order valence-corrected chi connectivity index (χ4v) is 1.93. The van der Waals surface area contributed by atoms with Crippen molar-refractivity contribution in [1.29, 1.82) is 0 Å². The minimum absolute atomic E-state index is 0.194. The van der Waals surface area contributed by atoms with Crippen molar-refractivity contribution in [2.24, 2.45) is 7.05 Å². The van der Waals surface area contributed by atoms with Crippen molar-refractivity contribution in [3.63, 3.8) is 0 Å². The molecule has 0 radical (unpaired) electrons. The first-order chi connectivity index (χ1) is 9.15. The van der Waals surface area contributed by atoms with Gasteiger partial charge < -0.3 is 5.32 Å². The molecule has 1 aromatic carbocycles. The van der Waals surface area contributed by atoms with Crippen LogP contribution in [0.5, 0.6) is 0 Å². The van der Waals surface area contributed by atoms with E-state index >= 15 is 0 Å². The van der Waals surface area contributed by atoms with Gasteiger partial charge in [0.05, 0.1) is 5.39 Å². The van der Waals surface area contributed by atoms with Gasteiger partial charge >= 0.3 is 0 Å². The molecule has 1 N–H and O–H groups in total. The normalized spacial score (nSPS) is 10.6. The van der Waals surface area contributed by atoms with Gasteiger partial charge in [-0.25, -0.2) is 4.68 Å². The summed E-state index contributed by atoms with van der Waals surface area (Å²) < 4.78 is 1.21. The lowest BCUT2D eigenvalue weighted by Crippen LogP contribution is -2.30. The molecule has 0 bridgehead atoms. The number of carbonyl (C=O) groups excluding carboxylic acids is 1. The highest BCUT2D eigenvalue weighted by Gasteiger charge is 2.14. The average Bonchev–Trinajstić information content (AvgIpc) is 2.43. The number of hydrogen-bond acceptors (Lipinski definition) is 3. The summed E-state index contributed by atoms with van der Waals surface area (Å²) >= 11 is 0. The molecule has 0 aliphatic heterocycles. The second kappa shape index (κ2) is 5.65. The summed E-state index contributed by atoms with van der Waals surface area (Å²) in [7, 11) is 1.55. The van der Waals surface area contributed by atoms with Crippen LogP contribution in [0.3, 0.4) is 0 Å². The zero-order valence-electron chi connectivity index (χ0n) is 11.1. The molecule has 5 heteroatoms. The highest BCUT2D eigenvalue weighted by atomic mass is 16.2. The topological polar surface area (TPSA) is 64.0 Å². The summed E-state index contributed by atoms with van der Waals surface area (Å²) in [4.78, 5) is 24.0. The van der Waals surface area contributed by atoms with Crippen LogP contribution < -0.4 is 10.9 Å². The van der Waals surface area contributed by atoms with Crippen LogP contribution in [0.2, 0.25) is 0 Å². The zero-order chi connectivity index (χ0) is 13.8. The summed E-state index contributed by atoms with van der Waals surface area (Å²) in [6, 6.07) is 7.04. The molecule has 0 unspecified atom stereocenters. The fourth-order valence-electron chi connectivity index (χ4n) is 1.93. The second-order valence-electron chi connectivity index (χ2n) is 4.43. The Labute approximate surface area is 111 Å². The quantitative estimate of drug-likeness (QED) is 0.845. The number of aryl methyl sites for hydroxylation is 1. The van der Waals surface area contributed by atoms with E-state index < -0.39 is 0 Å². The molecule has 100 valence electrons. The van der Waals surface area contributed by atoms with E-state index in [1.165, 1.54) is 4.68 Å². The van der Waals surface area contributed by atoms with Crippen LogP contribution in [0.25, 0.3) is 10.8 Å². The van der Waals surface area contributed by atoms with Gasteiger partial charge in [0.1, 0.15) is 0 Å². The number of nitrogens with zero attached hydrogens (tertiary/aromatic N) is 2. The summed E-state index contributed by atoms with van der Waals surface area (Å²) in [6.07, 6.45) is 1.94. The molecule has 1 aromatic heterocycles. The summed E-state index contributed by atoms with van der Waals surface area (Å²) in [5, 5.41) is 8.00. The molecular weight excluding hydrogens is 242 g/mol. The third-order valence-corrected chi connectivity index (χ3v) is 2.99. The van der Waals surface area contributed by atoms with Crippen LogP contribution in [0.4, 0.5) is 0 Å². The number of benzene rings is 1. The van der Waals surface area contributed by atoms with Crippen molar-refractivity contribution in [2.45, 2.75) is 19.8 Å². The molecule has 0 saturated heterocycles. The van der Waals surface area contributed by atoms with E-state index in [1.54, 1.807) is 31.3 Å². The minimum Gasteiger partial charge on any atom is -0.351 e. The van der Waals surface area contributed by atoms with Crippen molar-refractivity contribution in [1.82, 2.24) is 15.1 Å². The van der Waals surface area contributed by atoms with E-state index in [-0.39, 0.29) is 11.5 Å². The molecule has 19 heavy (non-hydrogen) atoms. The Hall–Kier alpha value is -2.17. The number of nitrogens with one attached hydrogen (secondary N) is 1. The Morgan fingerprint density at radius 1 is 1.32 bits per heavy atom. The van der Waals surface area contributed by atoms with Gasteiger partial charge in [-0.15, -0.1) is 0 Å². The molecule has 2 rings (SSSR count). The van der Waals surface area contributed by atoms with E-state index in [2.05, 4.69) is 17.3 Å². The van der Waals surface area contributed by atoms with E-state index in [1.807, 2.05) is 0 Å². The second-order valence-corrected chi connectivity index (χ2v) is 4.43. The van der Waals surface area contributed by atoms with Gasteiger partial charge in [-0.1, -0.05) is 31.5 Å². The molecule has 5 nitrogen and oxygen atoms in total. The van der Waals surface area contributed by atoms with Crippen LogP contribution in [0, 0.1) is 0 Å². The number of fused-ring (bicyclic) bond motifs is 1. The van der Waals surface area contributed by atoms with Gasteiger partial charge in [-0.3, -0.25) is 9.59 Å². The van der Waals surface area contributed by atoms with E-state index in [0.717, 1.165) is 12.8 Å². The maximum atomic E-state index is 12.1. The average molecular weight is 259 g/mol. The standard InChI is InChI=1S/C14H17N3O2/c1-3-4-9-15-13(18)12-10-7-5-6-8-11(10)14(19)17(2)16-12/h5-8H,3-4,9H2,1-2H3,(H,15,18). The maximum absolute atomic E-state index is 12.1. The van der Waals surface area contributed by atoms with Gasteiger partial charge in [0.25, 0.3) is 11.5 Å². The van der Waals surface area contributed by atoms with Crippen molar-refractivity contribution in [2.75, 3.05) is 6.54 Å². The Kier molecular flexibility index (Phi) is 3.94. The molecule has 1 amide bonds. The lowest BCUT2D eigenvalue weighted by atomic mass is 10.1. The summed E-state index contributed by atoms with van der Waals surface area (Å²) in [5.41, 5.74) is 0.106. The third-order valence-electron chi connectivity index (χ3n) is 2.99. The zero-order valence-corrected chi connectivity index (χ0v) is 11.1. The molecule has 0 spiro atoms. The van der Waals surface area contributed by atoms with Gasteiger partial charge in [-0.2, -0.15) is 5.10 Å². The number of aromatic nitrogens is 2. The number of hydrogen-bond donors (Lipinski definition) is 1. The SMILES string of the molecule is CCCCNC(=O)c1nn(C)c(=O)c2ccccc12. The van der Waals surface area contributed by atoms with Crippen LogP contribution >= 0.6 is 0 Å². The van der Waals surface area contributed by atoms with Gasteiger partial charge in [0.2, 0.25) is 0 Å². The summed E-state index contributed by atoms with van der Waals surface area (Å²) in [6.45, 7) is 2.68. The Morgan fingerprint density at radius 3 is 2.68 bits per heavy atom. The van der Waals surface area contributed by atoms with Crippen LogP contribution in [0.1, 0.15) is 30.3 Å². The van der Waals surface area contributed by atoms with Gasteiger partial charge in [0.15, 0.2) is 5.69 Å². The van der Waals surface area contributed by atoms with Crippen LogP contribution in [-0.2, 0) is 7.05 Å². The number of rotatable bonds is 4. The third kappa shape index (κ3) is 2.65. The first-order valence-electron chi connectivity index (χ1n) is 6.39. The van der Waals surface area contributed by atoms with E-state index in [0.29, 0.717) is 23.0 Å². The molecule has 2 aromatic rings.